The lowest BCUT2D eigenvalue weighted by Crippen LogP contribution is -2.40. The van der Waals surface area contributed by atoms with Crippen molar-refractivity contribution in [1.82, 2.24) is 0 Å². The van der Waals surface area contributed by atoms with Gasteiger partial charge in [-0.2, -0.15) is 0 Å². The highest BCUT2D eigenvalue weighted by Crippen LogP contribution is 2.36. The Kier molecular flexibility index (Phi) is 3.09. The topological polar surface area (TPSA) is 12.0 Å². The highest BCUT2D eigenvalue weighted by molar-refractivity contribution is 5.54. The van der Waals surface area contributed by atoms with Crippen molar-refractivity contribution in [1.29, 1.82) is 0 Å². The lowest BCUT2D eigenvalue weighted by molar-refractivity contribution is 0.262. The Morgan fingerprint density at radius 1 is 1.06 bits per heavy atom. The van der Waals surface area contributed by atoms with Crippen LogP contribution in [0.3, 0.4) is 0 Å². The Labute approximate surface area is 105 Å². The van der Waals surface area contributed by atoms with E-state index in [2.05, 4.69) is 36.5 Å². The number of para-hydroxylation sites is 1. The molecular formula is C16H23N. The molecule has 1 fully saturated rings. The molecule has 1 heterocycles. The van der Waals surface area contributed by atoms with Crippen molar-refractivity contribution in [2.24, 2.45) is 11.8 Å². The second-order valence-electron chi connectivity index (χ2n) is 5.91. The molecule has 1 aliphatic heterocycles. The van der Waals surface area contributed by atoms with Gasteiger partial charge in [0.05, 0.1) is 0 Å². The van der Waals surface area contributed by atoms with E-state index < -0.39 is 0 Å². The molecule has 1 aromatic carbocycles. The molecular weight excluding hydrogens is 206 g/mol. The fraction of sp³-hybridized carbons (Fsp3) is 0.625. The number of rotatable bonds is 1. The standard InChI is InChI=1S/C16H23N/c1-12-11-14-9-5-6-10-15(14)17-16(12)13-7-3-2-4-8-13/h5-6,9-10,12-13,16-17H,2-4,7-8,11H2,1H3. The van der Waals surface area contributed by atoms with Gasteiger partial charge in [0.2, 0.25) is 0 Å². The first-order valence-electron chi connectivity index (χ1n) is 7.19. The summed E-state index contributed by atoms with van der Waals surface area (Å²) in [6, 6.07) is 9.55. The average Bonchev–Trinajstić information content (AvgIpc) is 2.39. The van der Waals surface area contributed by atoms with Gasteiger partial charge in [0.1, 0.15) is 0 Å². The average molecular weight is 229 g/mol. The zero-order valence-electron chi connectivity index (χ0n) is 10.8. The Morgan fingerprint density at radius 3 is 2.65 bits per heavy atom. The molecule has 0 bridgehead atoms. The van der Waals surface area contributed by atoms with E-state index in [0.717, 1.165) is 11.8 Å². The maximum absolute atomic E-state index is 3.82. The first-order chi connectivity index (χ1) is 8.34. The van der Waals surface area contributed by atoms with Gasteiger partial charge < -0.3 is 5.32 Å². The van der Waals surface area contributed by atoms with Crippen LogP contribution in [0.5, 0.6) is 0 Å². The van der Waals surface area contributed by atoms with E-state index in [1.165, 1.54) is 49.8 Å². The van der Waals surface area contributed by atoms with Gasteiger partial charge in [-0.1, -0.05) is 44.4 Å². The van der Waals surface area contributed by atoms with Crippen molar-refractivity contribution in [3.63, 3.8) is 0 Å². The molecule has 1 saturated carbocycles. The molecule has 0 saturated heterocycles. The number of nitrogens with one attached hydrogen (secondary N) is 1. The van der Waals surface area contributed by atoms with E-state index in [1.54, 1.807) is 0 Å². The van der Waals surface area contributed by atoms with Crippen LogP contribution in [0.15, 0.2) is 24.3 Å². The molecule has 1 aromatic rings. The summed E-state index contributed by atoms with van der Waals surface area (Å²) < 4.78 is 0. The van der Waals surface area contributed by atoms with E-state index in [1.807, 2.05) is 0 Å². The fourth-order valence-corrected chi connectivity index (χ4v) is 3.71. The third kappa shape index (κ3) is 2.20. The van der Waals surface area contributed by atoms with Crippen molar-refractivity contribution in [2.75, 3.05) is 5.32 Å². The smallest absolute Gasteiger partial charge is 0.0375 e. The normalized spacial score (nSPS) is 29.5. The van der Waals surface area contributed by atoms with Crippen LogP contribution < -0.4 is 5.32 Å². The Bertz CT molecular complexity index is 379. The number of benzene rings is 1. The minimum Gasteiger partial charge on any atom is -0.382 e. The fourth-order valence-electron chi connectivity index (χ4n) is 3.71. The summed E-state index contributed by atoms with van der Waals surface area (Å²) in [4.78, 5) is 0. The van der Waals surface area contributed by atoms with Crippen LogP contribution in [0.2, 0.25) is 0 Å². The Morgan fingerprint density at radius 2 is 1.82 bits per heavy atom. The molecule has 17 heavy (non-hydrogen) atoms. The lowest BCUT2D eigenvalue weighted by Gasteiger charge is -2.39. The van der Waals surface area contributed by atoms with Crippen LogP contribution in [-0.2, 0) is 6.42 Å². The van der Waals surface area contributed by atoms with Gasteiger partial charge in [0.15, 0.2) is 0 Å². The van der Waals surface area contributed by atoms with Crippen LogP contribution >= 0.6 is 0 Å². The van der Waals surface area contributed by atoms with E-state index in [4.69, 9.17) is 0 Å². The van der Waals surface area contributed by atoms with E-state index in [-0.39, 0.29) is 0 Å². The molecule has 1 aliphatic carbocycles. The maximum Gasteiger partial charge on any atom is 0.0375 e. The molecule has 1 heteroatoms. The van der Waals surface area contributed by atoms with Gasteiger partial charge in [0.25, 0.3) is 0 Å². The summed E-state index contributed by atoms with van der Waals surface area (Å²) in [5.74, 6) is 1.69. The van der Waals surface area contributed by atoms with Gasteiger partial charge in [-0.3, -0.25) is 0 Å². The van der Waals surface area contributed by atoms with Crippen LogP contribution in [0, 0.1) is 11.8 Å². The monoisotopic (exact) mass is 229 g/mol. The first kappa shape index (κ1) is 11.1. The number of hydrogen-bond acceptors (Lipinski definition) is 1. The zero-order valence-corrected chi connectivity index (χ0v) is 10.8. The SMILES string of the molecule is CC1Cc2ccccc2NC1C1CCCCC1. The summed E-state index contributed by atoms with van der Waals surface area (Å²) >= 11 is 0. The number of fused-ring (bicyclic) bond motifs is 1. The molecule has 92 valence electrons. The second-order valence-corrected chi connectivity index (χ2v) is 5.91. The Hall–Kier alpha value is -0.980. The molecule has 0 radical (unpaired) electrons. The minimum atomic E-state index is 0.713. The van der Waals surface area contributed by atoms with Gasteiger partial charge in [-0.25, -0.2) is 0 Å². The molecule has 0 spiro atoms. The summed E-state index contributed by atoms with van der Waals surface area (Å²) in [5.41, 5.74) is 2.90. The van der Waals surface area contributed by atoms with Gasteiger partial charge >= 0.3 is 0 Å². The third-order valence-electron chi connectivity index (χ3n) is 4.65. The quantitative estimate of drug-likeness (QED) is 0.759. The highest BCUT2D eigenvalue weighted by atomic mass is 14.9. The largest absolute Gasteiger partial charge is 0.382 e. The van der Waals surface area contributed by atoms with E-state index >= 15 is 0 Å². The first-order valence-corrected chi connectivity index (χ1v) is 7.19. The maximum atomic E-state index is 3.82. The summed E-state index contributed by atoms with van der Waals surface area (Å²) in [7, 11) is 0. The van der Waals surface area contributed by atoms with Crippen LogP contribution in [0.1, 0.15) is 44.6 Å². The molecule has 3 rings (SSSR count). The van der Waals surface area contributed by atoms with E-state index in [0.29, 0.717) is 6.04 Å². The van der Waals surface area contributed by atoms with Crippen molar-refractivity contribution >= 4 is 5.69 Å². The predicted molar refractivity (Wildman–Crippen MR) is 73.3 cm³/mol. The minimum absolute atomic E-state index is 0.713. The molecule has 2 unspecified atom stereocenters. The molecule has 2 aliphatic rings. The van der Waals surface area contributed by atoms with Gasteiger partial charge in [-0.15, -0.1) is 0 Å². The molecule has 1 N–H and O–H groups in total. The van der Waals surface area contributed by atoms with Crippen molar-refractivity contribution in [3.8, 4) is 0 Å². The summed E-state index contributed by atoms with van der Waals surface area (Å²) in [6.45, 7) is 2.42. The predicted octanol–water partition coefficient (Wildman–Crippen LogP) is 4.24. The zero-order chi connectivity index (χ0) is 11.7. The van der Waals surface area contributed by atoms with Crippen LogP contribution in [0.4, 0.5) is 5.69 Å². The van der Waals surface area contributed by atoms with Gasteiger partial charge in [-0.05, 0) is 42.7 Å². The highest BCUT2D eigenvalue weighted by Gasteiger charge is 2.31. The van der Waals surface area contributed by atoms with Crippen LogP contribution in [-0.4, -0.2) is 6.04 Å². The number of anilines is 1. The molecule has 0 amide bonds. The Balaban J connectivity index is 1.79. The van der Waals surface area contributed by atoms with Gasteiger partial charge in [0, 0.05) is 11.7 Å². The van der Waals surface area contributed by atoms with Crippen LogP contribution in [0.25, 0.3) is 0 Å². The number of hydrogen-bond donors (Lipinski definition) is 1. The molecule has 0 aromatic heterocycles. The van der Waals surface area contributed by atoms with Crippen molar-refractivity contribution in [3.05, 3.63) is 29.8 Å². The van der Waals surface area contributed by atoms with E-state index in [9.17, 15) is 0 Å². The summed E-state index contributed by atoms with van der Waals surface area (Å²) in [6.07, 6.45) is 8.46. The summed E-state index contributed by atoms with van der Waals surface area (Å²) in [5, 5.41) is 3.82. The third-order valence-corrected chi connectivity index (χ3v) is 4.65. The lowest BCUT2D eigenvalue weighted by atomic mass is 9.75. The molecule has 2 atom stereocenters. The van der Waals surface area contributed by atoms with Crippen molar-refractivity contribution < 1.29 is 0 Å². The second kappa shape index (κ2) is 4.72. The molecule has 1 nitrogen and oxygen atoms in total. The van der Waals surface area contributed by atoms with Crippen molar-refractivity contribution in [2.45, 2.75) is 51.5 Å².